The molecule has 1 aromatic heterocycles. The first-order valence-corrected chi connectivity index (χ1v) is 9.63. The van der Waals surface area contributed by atoms with Crippen LogP contribution in [0.4, 0.5) is 27.4 Å². The van der Waals surface area contributed by atoms with Gasteiger partial charge < -0.3 is 19.9 Å². The molecule has 1 aliphatic heterocycles. The Labute approximate surface area is 170 Å². The van der Waals surface area contributed by atoms with Gasteiger partial charge in [-0.25, -0.2) is 14.4 Å². The van der Waals surface area contributed by atoms with Crippen LogP contribution in [-0.4, -0.2) is 43.3 Å². The second-order valence-corrected chi connectivity index (χ2v) is 6.96. The van der Waals surface area contributed by atoms with Crippen molar-refractivity contribution in [2.24, 2.45) is 0 Å². The number of benzene rings is 2. The Morgan fingerprint density at radius 2 is 1.55 bits per heavy atom. The summed E-state index contributed by atoms with van der Waals surface area (Å²) in [5, 5.41) is 3.34. The van der Waals surface area contributed by atoms with Crippen molar-refractivity contribution in [3.8, 4) is 5.75 Å². The minimum absolute atomic E-state index is 0.208. The van der Waals surface area contributed by atoms with Crippen LogP contribution in [0.2, 0.25) is 0 Å². The zero-order chi connectivity index (χ0) is 20.2. The Bertz CT molecular complexity index is 954. The quantitative estimate of drug-likeness (QED) is 0.707. The number of hydrogen-bond acceptors (Lipinski definition) is 6. The molecule has 1 saturated heterocycles. The maximum absolute atomic E-state index is 13.2. The maximum Gasteiger partial charge on any atom is 0.136 e. The molecule has 2 heterocycles. The van der Waals surface area contributed by atoms with Gasteiger partial charge in [0.1, 0.15) is 29.0 Å². The molecule has 3 aromatic rings. The summed E-state index contributed by atoms with van der Waals surface area (Å²) >= 11 is 0. The molecule has 2 aromatic carbocycles. The molecule has 0 spiro atoms. The number of nitrogens with one attached hydrogen (secondary N) is 1. The van der Waals surface area contributed by atoms with E-state index in [4.69, 9.17) is 4.74 Å². The maximum atomic E-state index is 13.2. The molecule has 0 bridgehead atoms. The Morgan fingerprint density at radius 1 is 0.897 bits per heavy atom. The van der Waals surface area contributed by atoms with E-state index in [-0.39, 0.29) is 5.82 Å². The van der Waals surface area contributed by atoms with Gasteiger partial charge in [0.15, 0.2) is 0 Å². The number of aromatic nitrogens is 2. The lowest BCUT2D eigenvalue weighted by Gasteiger charge is -2.36. The van der Waals surface area contributed by atoms with Gasteiger partial charge in [0, 0.05) is 43.6 Å². The summed E-state index contributed by atoms with van der Waals surface area (Å²) in [4.78, 5) is 13.7. The van der Waals surface area contributed by atoms with Gasteiger partial charge in [0.2, 0.25) is 0 Å². The highest BCUT2D eigenvalue weighted by atomic mass is 19.1. The van der Waals surface area contributed by atoms with Crippen molar-refractivity contribution in [1.82, 2.24) is 9.97 Å². The lowest BCUT2D eigenvalue weighted by molar-refractivity contribution is 0.415. The highest BCUT2D eigenvalue weighted by Crippen LogP contribution is 2.24. The van der Waals surface area contributed by atoms with Crippen LogP contribution in [0.1, 0.15) is 5.82 Å². The smallest absolute Gasteiger partial charge is 0.136 e. The number of hydrogen-bond donors (Lipinski definition) is 1. The fourth-order valence-electron chi connectivity index (χ4n) is 3.45. The number of piperazine rings is 1. The van der Waals surface area contributed by atoms with Crippen LogP contribution in [-0.2, 0) is 0 Å². The molecule has 7 heteroatoms. The molecule has 4 rings (SSSR count). The van der Waals surface area contributed by atoms with Gasteiger partial charge in [-0.15, -0.1) is 0 Å². The summed E-state index contributed by atoms with van der Waals surface area (Å²) in [6, 6.07) is 16.4. The molecular weight excluding hydrogens is 369 g/mol. The van der Waals surface area contributed by atoms with Crippen LogP contribution < -0.4 is 19.9 Å². The van der Waals surface area contributed by atoms with E-state index in [1.54, 1.807) is 7.11 Å². The van der Waals surface area contributed by atoms with Crippen molar-refractivity contribution in [2.45, 2.75) is 6.92 Å². The Morgan fingerprint density at radius 3 is 2.21 bits per heavy atom. The number of nitrogens with zero attached hydrogens (tertiary/aromatic N) is 4. The summed E-state index contributed by atoms with van der Waals surface area (Å²) in [6.45, 7) is 5.30. The minimum atomic E-state index is -0.208. The van der Waals surface area contributed by atoms with Crippen LogP contribution in [0.25, 0.3) is 0 Å². The Hall–Kier alpha value is -3.35. The highest BCUT2D eigenvalue weighted by Gasteiger charge is 2.19. The third-order valence-electron chi connectivity index (χ3n) is 4.98. The first-order chi connectivity index (χ1) is 14.1. The van der Waals surface area contributed by atoms with Crippen LogP contribution >= 0.6 is 0 Å². The van der Waals surface area contributed by atoms with Gasteiger partial charge in [-0.05, 0) is 55.5 Å². The second-order valence-electron chi connectivity index (χ2n) is 6.96. The molecule has 0 radical (unpaired) electrons. The van der Waals surface area contributed by atoms with Gasteiger partial charge in [-0.1, -0.05) is 0 Å². The van der Waals surface area contributed by atoms with Crippen LogP contribution in [0.3, 0.4) is 0 Å². The molecule has 0 atom stereocenters. The molecule has 1 fully saturated rings. The monoisotopic (exact) mass is 393 g/mol. The van der Waals surface area contributed by atoms with E-state index in [1.807, 2.05) is 49.4 Å². The van der Waals surface area contributed by atoms with E-state index >= 15 is 0 Å². The third kappa shape index (κ3) is 4.56. The van der Waals surface area contributed by atoms with Gasteiger partial charge in [0.05, 0.1) is 7.11 Å². The van der Waals surface area contributed by atoms with Crippen molar-refractivity contribution >= 4 is 23.0 Å². The minimum Gasteiger partial charge on any atom is -0.497 e. The lowest BCUT2D eigenvalue weighted by Crippen LogP contribution is -2.46. The number of halogens is 1. The fraction of sp³-hybridized carbons (Fsp3) is 0.273. The summed E-state index contributed by atoms with van der Waals surface area (Å²) in [6.07, 6.45) is 0. The standard InChI is InChI=1S/C22H24FN5O/c1-16-24-21(26-18-5-9-20(29-2)10-6-18)15-22(25-16)28-13-11-27(12-14-28)19-7-3-17(23)4-8-19/h3-10,15H,11-14H2,1-2H3,(H,24,25,26). The van der Waals surface area contributed by atoms with Crippen molar-refractivity contribution in [3.63, 3.8) is 0 Å². The average Bonchev–Trinajstić information content (AvgIpc) is 2.75. The molecule has 150 valence electrons. The van der Waals surface area contributed by atoms with Crippen LogP contribution in [0, 0.1) is 12.7 Å². The molecule has 0 saturated carbocycles. The molecule has 0 aliphatic carbocycles. The van der Waals surface area contributed by atoms with E-state index in [0.29, 0.717) is 0 Å². The topological polar surface area (TPSA) is 53.5 Å². The second kappa shape index (κ2) is 8.34. The highest BCUT2D eigenvalue weighted by molar-refractivity contribution is 5.61. The molecule has 0 amide bonds. The Kier molecular flexibility index (Phi) is 5.46. The molecule has 6 nitrogen and oxygen atoms in total. The van der Waals surface area contributed by atoms with Crippen LogP contribution in [0.15, 0.2) is 54.6 Å². The molecule has 29 heavy (non-hydrogen) atoms. The summed E-state index contributed by atoms with van der Waals surface area (Å²) in [5.41, 5.74) is 1.99. The Balaban J connectivity index is 1.44. The normalized spacial score (nSPS) is 14.0. The van der Waals surface area contributed by atoms with Crippen molar-refractivity contribution in [2.75, 3.05) is 48.4 Å². The summed E-state index contributed by atoms with van der Waals surface area (Å²) in [7, 11) is 1.65. The van der Waals surface area contributed by atoms with E-state index in [2.05, 4.69) is 25.1 Å². The predicted octanol–water partition coefficient (Wildman–Crippen LogP) is 4.00. The van der Waals surface area contributed by atoms with E-state index in [0.717, 1.165) is 60.8 Å². The van der Waals surface area contributed by atoms with Crippen molar-refractivity contribution < 1.29 is 9.13 Å². The predicted molar refractivity (Wildman–Crippen MR) is 114 cm³/mol. The summed E-state index contributed by atoms with van der Waals surface area (Å²) < 4.78 is 18.4. The number of aryl methyl sites for hydroxylation is 1. The first kappa shape index (κ1) is 19.0. The van der Waals surface area contributed by atoms with Gasteiger partial charge in [-0.3, -0.25) is 0 Å². The fourth-order valence-corrected chi connectivity index (χ4v) is 3.45. The number of anilines is 4. The molecule has 0 unspecified atom stereocenters. The third-order valence-corrected chi connectivity index (χ3v) is 4.98. The molecule has 1 N–H and O–H groups in total. The number of ether oxygens (including phenoxy) is 1. The van der Waals surface area contributed by atoms with Crippen molar-refractivity contribution in [3.05, 3.63) is 66.2 Å². The first-order valence-electron chi connectivity index (χ1n) is 9.63. The van der Waals surface area contributed by atoms with E-state index < -0.39 is 0 Å². The summed E-state index contributed by atoms with van der Waals surface area (Å²) in [5.74, 6) is 3.00. The van der Waals surface area contributed by atoms with Gasteiger partial charge in [0.25, 0.3) is 0 Å². The van der Waals surface area contributed by atoms with Gasteiger partial charge in [-0.2, -0.15) is 0 Å². The van der Waals surface area contributed by atoms with E-state index in [1.165, 1.54) is 12.1 Å². The van der Waals surface area contributed by atoms with Crippen LogP contribution in [0.5, 0.6) is 5.75 Å². The average molecular weight is 393 g/mol. The zero-order valence-corrected chi connectivity index (χ0v) is 16.6. The lowest BCUT2D eigenvalue weighted by atomic mass is 10.2. The number of methoxy groups -OCH3 is 1. The van der Waals surface area contributed by atoms with E-state index in [9.17, 15) is 4.39 Å². The zero-order valence-electron chi connectivity index (χ0n) is 16.6. The largest absolute Gasteiger partial charge is 0.497 e. The van der Waals surface area contributed by atoms with Gasteiger partial charge >= 0.3 is 0 Å². The van der Waals surface area contributed by atoms with Crippen molar-refractivity contribution in [1.29, 1.82) is 0 Å². The number of rotatable bonds is 5. The molecule has 1 aliphatic rings. The molecular formula is C22H24FN5O. The SMILES string of the molecule is COc1ccc(Nc2cc(N3CCN(c4ccc(F)cc4)CC3)nc(C)n2)cc1.